The number of nitrogens with one attached hydrogen (secondary N) is 1. The van der Waals surface area contributed by atoms with Gasteiger partial charge in [-0.1, -0.05) is 18.2 Å². The number of ether oxygens (including phenoxy) is 1. The third kappa shape index (κ3) is 5.89. The van der Waals surface area contributed by atoms with Gasteiger partial charge in [0.1, 0.15) is 5.60 Å². The number of likely N-dealkylation sites (tertiary alicyclic amines) is 1. The van der Waals surface area contributed by atoms with Crippen LogP contribution in [-0.4, -0.2) is 50.6 Å². The maximum absolute atomic E-state index is 12.3. The molecule has 7 heteroatoms. The normalized spacial score (nSPS) is 17.6. The SMILES string of the molecule is CC(C)(C)OC(=O)CN1CCC(NS(=O)(=O)c2ccccc2)CC1. The summed E-state index contributed by atoms with van der Waals surface area (Å²) in [5.41, 5.74) is -0.485. The number of esters is 1. The molecule has 1 aromatic rings. The highest BCUT2D eigenvalue weighted by Crippen LogP contribution is 2.15. The lowest BCUT2D eigenvalue weighted by Crippen LogP contribution is -2.46. The standard InChI is InChI=1S/C17H26N2O4S/c1-17(2,3)23-16(20)13-19-11-9-14(10-12-19)18-24(21,22)15-7-5-4-6-8-15/h4-8,14,18H,9-13H2,1-3H3. The smallest absolute Gasteiger partial charge is 0.320 e. The molecule has 2 rings (SSSR count). The first-order valence-electron chi connectivity index (χ1n) is 8.17. The first-order valence-corrected chi connectivity index (χ1v) is 9.66. The van der Waals surface area contributed by atoms with Crippen LogP contribution in [-0.2, 0) is 19.6 Å². The molecule has 24 heavy (non-hydrogen) atoms. The van der Waals surface area contributed by atoms with Crippen molar-refractivity contribution in [1.29, 1.82) is 0 Å². The second-order valence-corrected chi connectivity index (χ2v) is 8.79. The molecule has 1 aromatic carbocycles. The highest BCUT2D eigenvalue weighted by molar-refractivity contribution is 7.89. The Kier molecular flexibility index (Phi) is 6.01. The van der Waals surface area contributed by atoms with Crippen molar-refractivity contribution in [2.75, 3.05) is 19.6 Å². The third-order valence-corrected chi connectivity index (χ3v) is 5.27. The molecular formula is C17H26N2O4S. The van der Waals surface area contributed by atoms with Gasteiger partial charge in [-0.05, 0) is 45.7 Å². The molecule has 1 heterocycles. The zero-order valence-corrected chi connectivity index (χ0v) is 15.3. The Labute approximate surface area is 144 Å². The highest BCUT2D eigenvalue weighted by atomic mass is 32.2. The van der Waals surface area contributed by atoms with E-state index in [0.717, 1.165) is 0 Å². The number of piperidine rings is 1. The summed E-state index contributed by atoms with van der Waals surface area (Å²) in [4.78, 5) is 14.1. The molecular weight excluding hydrogens is 328 g/mol. The average Bonchev–Trinajstić information content (AvgIpc) is 2.48. The van der Waals surface area contributed by atoms with Crippen LogP contribution in [0.25, 0.3) is 0 Å². The van der Waals surface area contributed by atoms with Crippen LogP contribution in [0.3, 0.4) is 0 Å². The molecule has 0 aliphatic carbocycles. The Morgan fingerprint density at radius 3 is 2.33 bits per heavy atom. The molecule has 1 saturated heterocycles. The Bertz CT molecular complexity index is 645. The predicted octanol–water partition coefficient (Wildman–Crippen LogP) is 1.77. The molecule has 0 aromatic heterocycles. The van der Waals surface area contributed by atoms with E-state index in [9.17, 15) is 13.2 Å². The molecule has 1 aliphatic heterocycles. The summed E-state index contributed by atoms with van der Waals surface area (Å²) in [6.45, 7) is 7.11. The Morgan fingerprint density at radius 2 is 1.79 bits per heavy atom. The molecule has 0 atom stereocenters. The fourth-order valence-electron chi connectivity index (χ4n) is 2.65. The van der Waals surface area contributed by atoms with Gasteiger partial charge >= 0.3 is 5.97 Å². The van der Waals surface area contributed by atoms with Gasteiger partial charge in [0.05, 0.1) is 11.4 Å². The van der Waals surface area contributed by atoms with E-state index in [4.69, 9.17) is 4.74 Å². The number of hydrogen-bond acceptors (Lipinski definition) is 5. The minimum atomic E-state index is -3.48. The van der Waals surface area contributed by atoms with E-state index < -0.39 is 15.6 Å². The largest absolute Gasteiger partial charge is 0.459 e. The second-order valence-electron chi connectivity index (χ2n) is 7.07. The molecule has 0 saturated carbocycles. The molecule has 1 aliphatic rings. The summed E-state index contributed by atoms with van der Waals surface area (Å²) < 4.78 is 32.7. The van der Waals surface area contributed by atoms with E-state index in [1.807, 2.05) is 25.7 Å². The number of rotatable bonds is 5. The van der Waals surface area contributed by atoms with Crippen LogP contribution >= 0.6 is 0 Å². The van der Waals surface area contributed by atoms with Gasteiger partial charge in [-0.2, -0.15) is 0 Å². The summed E-state index contributed by atoms with van der Waals surface area (Å²) in [7, 11) is -3.48. The van der Waals surface area contributed by atoms with Crippen molar-refractivity contribution in [3.05, 3.63) is 30.3 Å². The number of hydrogen-bond donors (Lipinski definition) is 1. The number of benzene rings is 1. The second kappa shape index (κ2) is 7.63. The maximum Gasteiger partial charge on any atom is 0.320 e. The van der Waals surface area contributed by atoms with E-state index in [2.05, 4.69) is 4.72 Å². The van der Waals surface area contributed by atoms with Gasteiger partial charge in [-0.15, -0.1) is 0 Å². The van der Waals surface area contributed by atoms with Crippen molar-refractivity contribution in [3.63, 3.8) is 0 Å². The van der Waals surface area contributed by atoms with Gasteiger partial charge in [0, 0.05) is 19.1 Å². The van der Waals surface area contributed by atoms with Crippen molar-refractivity contribution >= 4 is 16.0 Å². The van der Waals surface area contributed by atoms with Crippen LogP contribution in [0.4, 0.5) is 0 Å². The summed E-state index contributed by atoms with van der Waals surface area (Å²) in [5.74, 6) is -0.245. The van der Waals surface area contributed by atoms with Gasteiger partial charge in [-0.25, -0.2) is 13.1 Å². The summed E-state index contributed by atoms with van der Waals surface area (Å²) in [6, 6.07) is 8.26. The highest BCUT2D eigenvalue weighted by Gasteiger charge is 2.26. The molecule has 6 nitrogen and oxygen atoms in total. The van der Waals surface area contributed by atoms with Gasteiger partial charge in [0.25, 0.3) is 0 Å². The van der Waals surface area contributed by atoms with Crippen LogP contribution in [0.1, 0.15) is 33.6 Å². The number of nitrogens with zero attached hydrogens (tertiary/aromatic N) is 1. The lowest BCUT2D eigenvalue weighted by Gasteiger charge is -2.32. The Hall–Kier alpha value is -1.44. The topological polar surface area (TPSA) is 75.7 Å². The minimum absolute atomic E-state index is 0.106. The molecule has 1 fully saturated rings. The van der Waals surface area contributed by atoms with E-state index in [1.165, 1.54) is 0 Å². The quantitative estimate of drug-likeness (QED) is 0.816. The van der Waals surface area contributed by atoms with Crippen LogP contribution in [0.15, 0.2) is 35.2 Å². The average molecular weight is 354 g/mol. The molecule has 134 valence electrons. The van der Waals surface area contributed by atoms with E-state index >= 15 is 0 Å². The van der Waals surface area contributed by atoms with Crippen molar-refractivity contribution in [3.8, 4) is 0 Å². The van der Waals surface area contributed by atoms with Crippen molar-refractivity contribution in [2.45, 2.75) is 50.2 Å². The number of carbonyl (C=O) groups excluding carboxylic acids is 1. The van der Waals surface area contributed by atoms with Crippen LogP contribution in [0, 0.1) is 0 Å². The lowest BCUT2D eigenvalue weighted by atomic mass is 10.1. The Morgan fingerprint density at radius 1 is 1.21 bits per heavy atom. The molecule has 0 spiro atoms. The summed E-state index contributed by atoms with van der Waals surface area (Å²) >= 11 is 0. The van der Waals surface area contributed by atoms with E-state index in [-0.39, 0.29) is 23.5 Å². The molecule has 1 N–H and O–H groups in total. The van der Waals surface area contributed by atoms with Crippen molar-refractivity contribution in [1.82, 2.24) is 9.62 Å². The number of carbonyl (C=O) groups is 1. The zero-order chi connectivity index (χ0) is 17.8. The number of sulfonamides is 1. The van der Waals surface area contributed by atoms with E-state index in [1.54, 1.807) is 30.3 Å². The first-order chi connectivity index (χ1) is 11.2. The van der Waals surface area contributed by atoms with Crippen molar-refractivity contribution < 1.29 is 17.9 Å². The fraction of sp³-hybridized carbons (Fsp3) is 0.588. The molecule has 0 unspecified atom stereocenters. The minimum Gasteiger partial charge on any atom is -0.459 e. The fourth-order valence-corrected chi connectivity index (χ4v) is 3.98. The summed E-state index contributed by atoms with van der Waals surface area (Å²) in [5, 5.41) is 0. The van der Waals surface area contributed by atoms with Gasteiger partial charge in [0.15, 0.2) is 0 Å². The third-order valence-electron chi connectivity index (χ3n) is 3.74. The predicted molar refractivity (Wildman–Crippen MR) is 92.1 cm³/mol. The summed E-state index contributed by atoms with van der Waals surface area (Å²) in [6.07, 6.45) is 1.35. The van der Waals surface area contributed by atoms with Crippen molar-refractivity contribution in [2.24, 2.45) is 0 Å². The van der Waals surface area contributed by atoms with Crippen LogP contribution in [0.2, 0.25) is 0 Å². The van der Waals surface area contributed by atoms with Crippen LogP contribution in [0.5, 0.6) is 0 Å². The maximum atomic E-state index is 12.3. The van der Waals surface area contributed by atoms with E-state index in [0.29, 0.717) is 25.9 Å². The van der Waals surface area contributed by atoms with Gasteiger partial charge < -0.3 is 4.74 Å². The zero-order valence-electron chi connectivity index (χ0n) is 14.5. The van der Waals surface area contributed by atoms with Gasteiger partial charge in [-0.3, -0.25) is 9.69 Å². The lowest BCUT2D eigenvalue weighted by molar-refractivity contribution is -0.156. The molecule has 0 bridgehead atoms. The Balaban J connectivity index is 1.82. The first kappa shape index (κ1) is 18.9. The monoisotopic (exact) mass is 354 g/mol. The molecule has 0 radical (unpaired) electrons. The molecule has 0 amide bonds. The van der Waals surface area contributed by atoms with Crippen LogP contribution < -0.4 is 4.72 Å². The van der Waals surface area contributed by atoms with Gasteiger partial charge in [0.2, 0.25) is 10.0 Å².